The molecule has 2 rings (SSSR count). The summed E-state index contributed by atoms with van der Waals surface area (Å²) in [5.41, 5.74) is 2.40. The van der Waals surface area contributed by atoms with Crippen molar-refractivity contribution in [3.63, 3.8) is 0 Å². The van der Waals surface area contributed by atoms with Crippen molar-refractivity contribution in [1.29, 1.82) is 0 Å². The summed E-state index contributed by atoms with van der Waals surface area (Å²) in [6.45, 7) is 1.90. The summed E-state index contributed by atoms with van der Waals surface area (Å²) in [6.07, 6.45) is 0. The van der Waals surface area contributed by atoms with E-state index in [2.05, 4.69) is 0 Å². The summed E-state index contributed by atoms with van der Waals surface area (Å²) in [5, 5.41) is 19.1. The predicted octanol–water partition coefficient (Wildman–Crippen LogP) is 3.72. The fourth-order valence-corrected chi connectivity index (χ4v) is 1.85. The zero-order valence-electron chi connectivity index (χ0n) is 9.64. The summed E-state index contributed by atoms with van der Waals surface area (Å²) in [6, 6.07) is 9.97. The lowest BCUT2D eigenvalue weighted by molar-refractivity contribution is 0.0694. The molecule has 0 aliphatic heterocycles. The van der Waals surface area contributed by atoms with E-state index in [0.717, 1.165) is 16.7 Å². The fraction of sp³-hybridized carbons (Fsp3) is 0.0714. The van der Waals surface area contributed by atoms with E-state index in [9.17, 15) is 9.90 Å². The highest BCUT2D eigenvalue weighted by Crippen LogP contribution is 2.29. The van der Waals surface area contributed by atoms with E-state index < -0.39 is 5.97 Å². The number of carboxylic acid groups (broad SMARTS) is 1. The lowest BCUT2D eigenvalue weighted by Gasteiger charge is -2.06. The maximum absolute atomic E-state index is 10.8. The van der Waals surface area contributed by atoms with Crippen LogP contribution in [0.15, 0.2) is 36.4 Å². The van der Waals surface area contributed by atoms with E-state index in [1.807, 2.05) is 19.1 Å². The molecule has 92 valence electrons. The minimum Gasteiger partial charge on any atom is -0.507 e. The highest BCUT2D eigenvalue weighted by molar-refractivity contribution is 6.31. The van der Waals surface area contributed by atoms with Crippen molar-refractivity contribution in [2.75, 3.05) is 0 Å². The van der Waals surface area contributed by atoms with E-state index in [1.54, 1.807) is 12.1 Å². The number of carbonyl (C=O) groups is 1. The summed E-state index contributed by atoms with van der Waals surface area (Å²) in [7, 11) is 0. The van der Waals surface area contributed by atoms with Gasteiger partial charge < -0.3 is 10.2 Å². The van der Waals surface area contributed by atoms with Crippen molar-refractivity contribution in [1.82, 2.24) is 0 Å². The molecule has 0 aliphatic carbocycles. The first-order valence-corrected chi connectivity index (χ1v) is 5.69. The van der Waals surface area contributed by atoms with Crippen LogP contribution in [0.4, 0.5) is 0 Å². The molecule has 2 aromatic rings. The smallest absolute Gasteiger partial charge is 0.339 e. The van der Waals surface area contributed by atoms with Crippen LogP contribution in [0.5, 0.6) is 5.75 Å². The van der Waals surface area contributed by atoms with Gasteiger partial charge in [0.05, 0.1) is 0 Å². The number of aromatic carboxylic acids is 1. The van der Waals surface area contributed by atoms with Gasteiger partial charge in [-0.25, -0.2) is 4.79 Å². The molecular weight excluding hydrogens is 252 g/mol. The van der Waals surface area contributed by atoms with E-state index in [-0.39, 0.29) is 11.3 Å². The zero-order valence-corrected chi connectivity index (χ0v) is 10.4. The Bertz CT molecular complexity index is 620. The van der Waals surface area contributed by atoms with Crippen LogP contribution in [-0.2, 0) is 0 Å². The van der Waals surface area contributed by atoms with E-state index in [0.29, 0.717) is 5.02 Å². The van der Waals surface area contributed by atoms with Gasteiger partial charge >= 0.3 is 5.97 Å². The number of benzene rings is 2. The Balaban J connectivity index is 2.48. The van der Waals surface area contributed by atoms with Gasteiger partial charge in [0.2, 0.25) is 0 Å². The Morgan fingerprint density at radius 1 is 1.11 bits per heavy atom. The molecule has 4 heteroatoms. The lowest BCUT2D eigenvalue weighted by Crippen LogP contribution is -1.96. The predicted molar refractivity (Wildman–Crippen MR) is 70.2 cm³/mol. The number of halogens is 1. The first-order chi connectivity index (χ1) is 8.49. The standard InChI is InChI=1S/C14H11ClO3/c1-8-2-3-9(6-12(8)15)10-4-5-11(14(17)18)13(16)7-10/h2-7,16H,1H3,(H,17,18). The van der Waals surface area contributed by atoms with Crippen LogP contribution in [0.2, 0.25) is 5.02 Å². The highest BCUT2D eigenvalue weighted by atomic mass is 35.5. The molecule has 0 amide bonds. The summed E-state index contributed by atoms with van der Waals surface area (Å²) >= 11 is 6.03. The number of aromatic hydroxyl groups is 1. The summed E-state index contributed by atoms with van der Waals surface area (Å²) in [5.74, 6) is -1.40. The first kappa shape index (κ1) is 12.5. The Morgan fingerprint density at radius 3 is 2.28 bits per heavy atom. The van der Waals surface area contributed by atoms with Gasteiger partial charge in [-0.05, 0) is 41.8 Å². The monoisotopic (exact) mass is 262 g/mol. The maximum atomic E-state index is 10.8. The van der Waals surface area contributed by atoms with Crippen LogP contribution < -0.4 is 0 Å². The summed E-state index contributed by atoms with van der Waals surface area (Å²) < 4.78 is 0. The third-order valence-corrected chi connectivity index (χ3v) is 3.14. The molecule has 0 aliphatic rings. The average Bonchev–Trinajstić information content (AvgIpc) is 2.32. The first-order valence-electron chi connectivity index (χ1n) is 5.32. The third kappa shape index (κ3) is 2.31. The largest absolute Gasteiger partial charge is 0.507 e. The van der Waals surface area contributed by atoms with E-state index >= 15 is 0 Å². The Hall–Kier alpha value is -2.00. The van der Waals surface area contributed by atoms with Crippen LogP contribution in [0.1, 0.15) is 15.9 Å². The molecule has 0 spiro atoms. The number of rotatable bonds is 2. The highest BCUT2D eigenvalue weighted by Gasteiger charge is 2.10. The lowest BCUT2D eigenvalue weighted by atomic mass is 10.0. The molecule has 2 N–H and O–H groups in total. The van der Waals surface area contributed by atoms with Crippen LogP contribution in [-0.4, -0.2) is 16.2 Å². The zero-order chi connectivity index (χ0) is 13.3. The number of hydrogen-bond donors (Lipinski definition) is 2. The Kier molecular flexibility index (Phi) is 3.26. The Labute approximate surface area is 109 Å². The number of hydrogen-bond acceptors (Lipinski definition) is 2. The van der Waals surface area contributed by atoms with Gasteiger partial charge in [-0.2, -0.15) is 0 Å². The molecule has 0 aromatic heterocycles. The molecule has 18 heavy (non-hydrogen) atoms. The third-order valence-electron chi connectivity index (χ3n) is 2.73. The molecule has 3 nitrogen and oxygen atoms in total. The molecule has 0 atom stereocenters. The normalized spacial score (nSPS) is 10.3. The maximum Gasteiger partial charge on any atom is 0.339 e. The van der Waals surface area contributed by atoms with Gasteiger partial charge in [0, 0.05) is 5.02 Å². The van der Waals surface area contributed by atoms with Gasteiger partial charge in [0.1, 0.15) is 11.3 Å². The number of carboxylic acids is 1. The Morgan fingerprint density at radius 2 is 1.72 bits per heavy atom. The minimum absolute atomic E-state index is 0.114. The van der Waals surface area contributed by atoms with Crippen LogP contribution in [0, 0.1) is 6.92 Å². The average molecular weight is 263 g/mol. The second-order valence-corrected chi connectivity index (χ2v) is 4.41. The quantitative estimate of drug-likeness (QED) is 0.867. The van der Waals surface area contributed by atoms with Crippen molar-refractivity contribution in [2.45, 2.75) is 6.92 Å². The topological polar surface area (TPSA) is 57.5 Å². The SMILES string of the molecule is Cc1ccc(-c2ccc(C(=O)O)c(O)c2)cc1Cl. The van der Waals surface area contributed by atoms with Crippen LogP contribution in [0.25, 0.3) is 11.1 Å². The number of phenols is 1. The van der Waals surface area contributed by atoms with Gasteiger partial charge in [-0.3, -0.25) is 0 Å². The van der Waals surface area contributed by atoms with Gasteiger partial charge in [-0.1, -0.05) is 29.8 Å². The van der Waals surface area contributed by atoms with Crippen LogP contribution >= 0.6 is 11.6 Å². The fourth-order valence-electron chi connectivity index (χ4n) is 1.66. The molecule has 2 aromatic carbocycles. The minimum atomic E-state index is -1.15. The number of aryl methyl sites for hydroxylation is 1. The second-order valence-electron chi connectivity index (χ2n) is 4.00. The van der Waals surface area contributed by atoms with Gasteiger partial charge in [0.25, 0.3) is 0 Å². The molecule has 0 fully saturated rings. The van der Waals surface area contributed by atoms with Crippen LogP contribution in [0.3, 0.4) is 0 Å². The molecule has 0 unspecified atom stereocenters. The molecule has 0 saturated heterocycles. The van der Waals surface area contributed by atoms with E-state index in [4.69, 9.17) is 16.7 Å². The summed E-state index contributed by atoms with van der Waals surface area (Å²) in [4.78, 5) is 10.8. The second kappa shape index (κ2) is 4.70. The van der Waals surface area contributed by atoms with Crippen molar-refractivity contribution < 1.29 is 15.0 Å². The van der Waals surface area contributed by atoms with Crippen molar-refractivity contribution in [3.05, 3.63) is 52.5 Å². The van der Waals surface area contributed by atoms with Crippen molar-refractivity contribution in [3.8, 4) is 16.9 Å². The molecular formula is C14H11ClO3. The van der Waals surface area contributed by atoms with Crippen molar-refractivity contribution in [2.24, 2.45) is 0 Å². The van der Waals surface area contributed by atoms with Crippen molar-refractivity contribution >= 4 is 17.6 Å². The molecule has 0 heterocycles. The van der Waals surface area contributed by atoms with Gasteiger partial charge in [0.15, 0.2) is 0 Å². The van der Waals surface area contributed by atoms with E-state index in [1.165, 1.54) is 12.1 Å². The van der Waals surface area contributed by atoms with Gasteiger partial charge in [-0.15, -0.1) is 0 Å². The molecule has 0 bridgehead atoms. The molecule has 0 saturated carbocycles. The molecule has 0 radical (unpaired) electrons.